The minimum Gasteiger partial charge on any atom is -0.333 e. The third kappa shape index (κ3) is 5.71. The zero-order valence-corrected chi connectivity index (χ0v) is 19.5. The lowest BCUT2D eigenvalue weighted by Gasteiger charge is -2.31. The molecule has 1 heterocycles. The number of benzene rings is 2. The Morgan fingerprint density at radius 3 is 2.47 bits per heavy atom. The van der Waals surface area contributed by atoms with E-state index < -0.39 is 0 Å². The molecule has 7 heteroatoms. The quantitative estimate of drug-likeness (QED) is 0.408. The van der Waals surface area contributed by atoms with E-state index in [1.54, 1.807) is 27.8 Å². The average Bonchev–Trinajstić information content (AvgIpc) is 3.22. The fourth-order valence-corrected chi connectivity index (χ4v) is 4.09. The minimum absolute atomic E-state index is 0.00825. The van der Waals surface area contributed by atoms with Gasteiger partial charge in [-0.2, -0.15) is 5.10 Å². The number of halogens is 1. The highest BCUT2D eigenvalue weighted by molar-refractivity contribution is 5.95. The zero-order valence-electron chi connectivity index (χ0n) is 19.5. The molecule has 0 saturated heterocycles. The number of unbranched alkanes of at least 4 members (excludes halogenated alkanes) is 2. The van der Waals surface area contributed by atoms with E-state index in [0.717, 1.165) is 44.1 Å². The molecular weight excluding hydrogens is 431 g/mol. The lowest BCUT2D eigenvalue weighted by Crippen LogP contribution is -2.43. The number of nitrogens with one attached hydrogen (secondary N) is 1. The smallest absolute Gasteiger partial charge is 0.245 e. The third-order valence-electron chi connectivity index (χ3n) is 6.25. The number of hydrogen-bond donors (Lipinski definition) is 1. The van der Waals surface area contributed by atoms with Gasteiger partial charge < -0.3 is 10.2 Å². The number of aromatic nitrogens is 2. The molecule has 1 aliphatic rings. The summed E-state index contributed by atoms with van der Waals surface area (Å²) in [6.07, 6.45) is 5.84. The van der Waals surface area contributed by atoms with E-state index in [1.165, 1.54) is 12.1 Å². The predicted octanol–water partition coefficient (Wildman–Crippen LogP) is 5.44. The maximum Gasteiger partial charge on any atom is 0.245 e. The molecule has 0 bridgehead atoms. The highest BCUT2D eigenvalue weighted by Gasteiger charge is 2.30. The molecule has 4 rings (SSSR count). The topological polar surface area (TPSA) is 67.2 Å². The number of anilines is 1. The van der Waals surface area contributed by atoms with Crippen molar-refractivity contribution in [1.82, 2.24) is 14.7 Å². The average molecular weight is 463 g/mol. The van der Waals surface area contributed by atoms with Crippen LogP contribution < -0.4 is 5.32 Å². The number of amides is 2. The van der Waals surface area contributed by atoms with Crippen LogP contribution in [0.15, 0.2) is 60.7 Å². The van der Waals surface area contributed by atoms with Crippen molar-refractivity contribution < 1.29 is 14.0 Å². The Morgan fingerprint density at radius 1 is 1.09 bits per heavy atom. The highest BCUT2D eigenvalue weighted by Crippen LogP contribution is 2.29. The molecule has 0 atom stereocenters. The Morgan fingerprint density at radius 2 is 1.82 bits per heavy atom. The van der Waals surface area contributed by atoms with Crippen LogP contribution in [0.5, 0.6) is 0 Å². The standard InChI is InChI=1S/C27H31FN4O2/c1-2-3-7-17-31(27(34)21-11-8-12-21)19-26(33)29-25-18-24(20-9-5-4-6-10-20)30-32(25)23-15-13-22(28)14-16-23/h4-6,9-10,13-16,18,21H,2-3,7-8,11-12,17,19H2,1H3,(H,29,33). The summed E-state index contributed by atoms with van der Waals surface area (Å²) in [4.78, 5) is 27.7. The van der Waals surface area contributed by atoms with Gasteiger partial charge in [0.25, 0.3) is 0 Å². The Labute approximate surface area is 199 Å². The van der Waals surface area contributed by atoms with Crippen LogP contribution in [0.25, 0.3) is 16.9 Å². The Hall–Kier alpha value is -3.48. The van der Waals surface area contributed by atoms with Crippen LogP contribution in [0.1, 0.15) is 45.4 Å². The second kappa shape index (κ2) is 11.1. The molecule has 3 aromatic rings. The van der Waals surface area contributed by atoms with Crippen molar-refractivity contribution in [2.24, 2.45) is 5.92 Å². The van der Waals surface area contributed by atoms with Crippen LogP contribution in [0.2, 0.25) is 0 Å². The maximum absolute atomic E-state index is 13.5. The fourth-order valence-electron chi connectivity index (χ4n) is 4.09. The predicted molar refractivity (Wildman–Crippen MR) is 131 cm³/mol. The molecular formula is C27H31FN4O2. The van der Waals surface area contributed by atoms with Crippen LogP contribution in [0.4, 0.5) is 10.2 Å². The largest absolute Gasteiger partial charge is 0.333 e. The Balaban J connectivity index is 1.55. The van der Waals surface area contributed by atoms with Crippen molar-refractivity contribution in [3.05, 3.63) is 66.5 Å². The lowest BCUT2D eigenvalue weighted by molar-refractivity contribution is -0.140. The zero-order chi connectivity index (χ0) is 23.9. The van der Waals surface area contributed by atoms with E-state index in [9.17, 15) is 14.0 Å². The van der Waals surface area contributed by atoms with Gasteiger partial charge in [-0.3, -0.25) is 9.59 Å². The summed E-state index contributed by atoms with van der Waals surface area (Å²) in [5.74, 6) is -0.0208. The van der Waals surface area contributed by atoms with Gasteiger partial charge in [-0.1, -0.05) is 56.5 Å². The summed E-state index contributed by atoms with van der Waals surface area (Å²) in [7, 11) is 0. The molecule has 34 heavy (non-hydrogen) atoms. The highest BCUT2D eigenvalue weighted by atomic mass is 19.1. The first-order chi connectivity index (χ1) is 16.5. The molecule has 0 spiro atoms. The molecule has 2 aromatic carbocycles. The normalized spacial score (nSPS) is 13.4. The van der Waals surface area contributed by atoms with Crippen molar-refractivity contribution in [2.45, 2.75) is 45.4 Å². The van der Waals surface area contributed by atoms with Crippen LogP contribution in [-0.4, -0.2) is 39.6 Å². The van der Waals surface area contributed by atoms with Crippen LogP contribution in [-0.2, 0) is 9.59 Å². The van der Waals surface area contributed by atoms with Gasteiger partial charge in [-0.25, -0.2) is 9.07 Å². The number of carbonyl (C=O) groups excluding carboxylic acids is 2. The summed E-state index contributed by atoms with van der Waals surface area (Å²) < 4.78 is 15.1. The fraction of sp³-hybridized carbons (Fsp3) is 0.370. The maximum atomic E-state index is 13.5. The molecule has 1 aliphatic carbocycles. The van der Waals surface area contributed by atoms with Gasteiger partial charge in [0.05, 0.1) is 17.9 Å². The second-order valence-electron chi connectivity index (χ2n) is 8.81. The van der Waals surface area contributed by atoms with E-state index in [2.05, 4.69) is 17.3 Å². The lowest BCUT2D eigenvalue weighted by atomic mass is 9.84. The molecule has 178 valence electrons. The van der Waals surface area contributed by atoms with E-state index in [-0.39, 0.29) is 30.1 Å². The molecule has 2 amide bonds. The molecule has 6 nitrogen and oxygen atoms in total. The van der Waals surface area contributed by atoms with Gasteiger partial charge in [-0.15, -0.1) is 0 Å². The SMILES string of the molecule is CCCCCN(CC(=O)Nc1cc(-c2ccccc2)nn1-c1ccc(F)cc1)C(=O)C1CCC1. The first-order valence-corrected chi connectivity index (χ1v) is 12.0. The molecule has 1 fully saturated rings. The van der Waals surface area contributed by atoms with E-state index >= 15 is 0 Å². The van der Waals surface area contributed by atoms with Crippen LogP contribution in [0.3, 0.4) is 0 Å². The second-order valence-corrected chi connectivity index (χ2v) is 8.81. The Bertz CT molecular complexity index is 1110. The summed E-state index contributed by atoms with van der Waals surface area (Å²) >= 11 is 0. The van der Waals surface area contributed by atoms with Gasteiger partial charge in [0.15, 0.2) is 0 Å². The van der Waals surface area contributed by atoms with E-state index in [1.807, 2.05) is 30.3 Å². The van der Waals surface area contributed by atoms with Crippen molar-refractivity contribution in [3.63, 3.8) is 0 Å². The third-order valence-corrected chi connectivity index (χ3v) is 6.25. The van der Waals surface area contributed by atoms with Crippen LogP contribution in [0, 0.1) is 11.7 Å². The van der Waals surface area contributed by atoms with E-state index in [4.69, 9.17) is 0 Å². The molecule has 0 unspecified atom stereocenters. The Kier molecular flexibility index (Phi) is 7.72. The first kappa shape index (κ1) is 23.7. The summed E-state index contributed by atoms with van der Waals surface area (Å²) in [6.45, 7) is 2.71. The summed E-state index contributed by atoms with van der Waals surface area (Å²) in [5.41, 5.74) is 2.22. The molecule has 1 aromatic heterocycles. The van der Waals surface area contributed by atoms with E-state index in [0.29, 0.717) is 23.7 Å². The number of hydrogen-bond acceptors (Lipinski definition) is 3. The van der Waals surface area contributed by atoms with Crippen LogP contribution >= 0.6 is 0 Å². The monoisotopic (exact) mass is 462 g/mol. The number of carbonyl (C=O) groups is 2. The van der Waals surface area contributed by atoms with Gasteiger partial charge >= 0.3 is 0 Å². The van der Waals surface area contributed by atoms with Crippen molar-refractivity contribution in [3.8, 4) is 16.9 Å². The molecule has 1 saturated carbocycles. The van der Waals surface area contributed by atoms with Crippen molar-refractivity contribution in [2.75, 3.05) is 18.4 Å². The first-order valence-electron chi connectivity index (χ1n) is 12.0. The summed E-state index contributed by atoms with van der Waals surface area (Å²) in [5, 5.41) is 7.60. The van der Waals surface area contributed by atoms with Gasteiger partial charge in [-0.05, 0) is 43.5 Å². The van der Waals surface area contributed by atoms with Gasteiger partial charge in [0, 0.05) is 24.1 Å². The summed E-state index contributed by atoms with van der Waals surface area (Å²) in [6, 6.07) is 17.4. The number of rotatable bonds is 10. The van der Waals surface area contributed by atoms with Gasteiger partial charge in [0.2, 0.25) is 11.8 Å². The van der Waals surface area contributed by atoms with Gasteiger partial charge in [0.1, 0.15) is 11.6 Å². The number of nitrogens with zero attached hydrogens (tertiary/aromatic N) is 3. The van der Waals surface area contributed by atoms with Crippen molar-refractivity contribution >= 4 is 17.6 Å². The van der Waals surface area contributed by atoms with Crippen molar-refractivity contribution in [1.29, 1.82) is 0 Å². The molecule has 1 N–H and O–H groups in total. The molecule has 0 aliphatic heterocycles. The minimum atomic E-state index is -0.345. The molecule has 0 radical (unpaired) electrons.